The zero-order valence-corrected chi connectivity index (χ0v) is 13.1. The van der Waals surface area contributed by atoms with E-state index in [1.165, 1.54) is 20.8 Å². The second kappa shape index (κ2) is 6.01. The molecule has 1 heterocycles. The van der Waals surface area contributed by atoms with Crippen LogP contribution in [0.1, 0.15) is 5.56 Å². The van der Waals surface area contributed by atoms with Crippen LogP contribution < -0.4 is 17.7 Å². The van der Waals surface area contributed by atoms with Crippen molar-refractivity contribution < 1.29 is 12.4 Å². The maximum atomic E-state index is 5.87. The molecule has 3 aromatic rings. The van der Waals surface area contributed by atoms with Crippen molar-refractivity contribution in [2.45, 2.75) is 6.92 Å². The summed E-state index contributed by atoms with van der Waals surface area (Å²) in [5, 5.41) is 4.13. The second-order valence-corrected chi connectivity index (χ2v) is 6.34. The van der Waals surface area contributed by atoms with Gasteiger partial charge in [0.05, 0.1) is 0 Å². The molecule has 0 aliphatic carbocycles. The van der Waals surface area contributed by atoms with Crippen molar-refractivity contribution in [1.82, 2.24) is 4.37 Å². The summed E-state index contributed by atoms with van der Waals surface area (Å²) in [5.74, 6) is 0. The standard InChI is InChI=1S/C13H10ClN2S2.ClH/c1-8-6-11(7-12-13(8)16-18-17-12)15-10-4-2-9(14)3-5-10;/h2-7,15H,1H3;1H/q+1;/p-1. The molecule has 98 valence electrons. The first-order chi connectivity index (χ1) is 8.72. The molecule has 1 aromatic heterocycles. The summed E-state index contributed by atoms with van der Waals surface area (Å²) in [4.78, 5) is 0. The molecule has 0 aliphatic rings. The van der Waals surface area contributed by atoms with Gasteiger partial charge in [-0.15, -0.1) is 4.37 Å². The van der Waals surface area contributed by atoms with Gasteiger partial charge in [-0.05, 0) is 42.8 Å². The van der Waals surface area contributed by atoms with Gasteiger partial charge in [0.2, 0.25) is 0 Å². The van der Waals surface area contributed by atoms with E-state index in [0.29, 0.717) is 0 Å². The fraction of sp³-hybridized carbons (Fsp3) is 0.0769. The molecule has 0 atom stereocenters. The lowest BCUT2D eigenvalue weighted by molar-refractivity contribution is -0.00000340. The Labute approximate surface area is 130 Å². The quantitative estimate of drug-likeness (QED) is 0.577. The van der Waals surface area contributed by atoms with E-state index < -0.39 is 0 Å². The predicted molar refractivity (Wildman–Crippen MR) is 81.4 cm³/mol. The Morgan fingerprint density at radius 2 is 1.89 bits per heavy atom. The number of rotatable bonds is 2. The van der Waals surface area contributed by atoms with Crippen LogP contribution in [0.25, 0.3) is 10.2 Å². The Bertz CT molecular complexity index is 695. The van der Waals surface area contributed by atoms with Gasteiger partial charge in [-0.25, -0.2) is 0 Å². The highest BCUT2D eigenvalue weighted by molar-refractivity contribution is 7.69. The van der Waals surface area contributed by atoms with Gasteiger partial charge in [-0.2, -0.15) is 0 Å². The number of benzene rings is 2. The minimum Gasteiger partial charge on any atom is -1.00 e. The molecule has 0 amide bonds. The van der Waals surface area contributed by atoms with E-state index in [4.69, 9.17) is 11.6 Å². The zero-order chi connectivity index (χ0) is 12.5. The summed E-state index contributed by atoms with van der Waals surface area (Å²) in [7, 11) is 3.23. The maximum Gasteiger partial charge on any atom is 0.323 e. The Morgan fingerprint density at radius 3 is 2.63 bits per heavy atom. The first kappa shape index (κ1) is 14.5. The third-order valence-electron chi connectivity index (χ3n) is 2.65. The molecule has 0 fully saturated rings. The van der Waals surface area contributed by atoms with Crippen molar-refractivity contribution in [3.63, 3.8) is 0 Å². The Balaban J connectivity index is 0.00000133. The van der Waals surface area contributed by atoms with Crippen molar-refractivity contribution in [1.29, 1.82) is 0 Å². The third kappa shape index (κ3) is 3.15. The van der Waals surface area contributed by atoms with E-state index in [9.17, 15) is 0 Å². The number of hydrogen-bond acceptors (Lipinski definition) is 3. The molecule has 0 saturated carbocycles. The summed E-state index contributed by atoms with van der Waals surface area (Å²) >= 11 is 5.87. The zero-order valence-electron chi connectivity index (χ0n) is 9.98. The Morgan fingerprint density at radius 1 is 1.16 bits per heavy atom. The van der Waals surface area contributed by atoms with Crippen molar-refractivity contribution in [2.75, 3.05) is 5.32 Å². The van der Waals surface area contributed by atoms with Gasteiger partial charge < -0.3 is 17.7 Å². The lowest BCUT2D eigenvalue weighted by atomic mass is 10.2. The monoisotopic (exact) mass is 328 g/mol. The van der Waals surface area contributed by atoms with Gasteiger partial charge in [-0.3, -0.25) is 0 Å². The molecular formula is C13H10Cl2N2S2. The van der Waals surface area contributed by atoms with Gasteiger partial charge in [-0.1, -0.05) is 11.6 Å². The van der Waals surface area contributed by atoms with Crippen molar-refractivity contribution in [2.24, 2.45) is 0 Å². The van der Waals surface area contributed by atoms with Crippen LogP contribution in [0.5, 0.6) is 0 Å². The molecule has 2 aromatic carbocycles. The second-order valence-electron chi connectivity index (χ2n) is 4.02. The molecule has 1 N–H and O–H groups in total. The summed E-state index contributed by atoms with van der Waals surface area (Å²) < 4.78 is 5.61. The SMILES string of the molecule is Cc1cc(Nc2ccc(Cl)cc2)cc2[s+]snc12.[Cl-]. The van der Waals surface area contributed by atoms with Crippen molar-refractivity contribution in [3.05, 3.63) is 47.0 Å². The Hall–Kier alpha value is -0.940. The fourth-order valence-corrected chi connectivity index (χ4v) is 3.83. The fourth-order valence-electron chi connectivity index (χ4n) is 1.80. The number of anilines is 2. The van der Waals surface area contributed by atoms with Gasteiger partial charge in [0.1, 0.15) is 0 Å². The number of aryl methyl sites for hydroxylation is 1. The summed E-state index contributed by atoms with van der Waals surface area (Å²) in [6.45, 7) is 2.09. The van der Waals surface area contributed by atoms with E-state index in [2.05, 4.69) is 28.7 Å². The van der Waals surface area contributed by atoms with Gasteiger partial charge >= 0.3 is 10.3 Å². The number of nitrogens with one attached hydrogen (secondary N) is 1. The van der Waals surface area contributed by atoms with Gasteiger partial charge in [0, 0.05) is 22.5 Å². The molecule has 0 radical (unpaired) electrons. The smallest absolute Gasteiger partial charge is 0.323 e. The summed E-state index contributed by atoms with van der Waals surface area (Å²) in [5.41, 5.74) is 4.42. The summed E-state index contributed by atoms with van der Waals surface area (Å²) in [6.07, 6.45) is 0. The van der Waals surface area contributed by atoms with Crippen LogP contribution in [-0.2, 0) is 0 Å². The average molecular weight is 329 g/mol. The lowest BCUT2D eigenvalue weighted by Crippen LogP contribution is -3.00. The topological polar surface area (TPSA) is 24.9 Å². The molecule has 0 spiro atoms. The molecule has 0 unspecified atom stereocenters. The third-order valence-corrected chi connectivity index (χ3v) is 4.71. The van der Waals surface area contributed by atoms with Crippen LogP contribution in [0.2, 0.25) is 5.02 Å². The number of hydrogen-bond donors (Lipinski definition) is 1. The van der Waals surface area contributed by atoms with Crippen LogP contribution in [0.15, 0.2) is 36.4 Å². The number of nitrogens with zero attached hydrogens (tertiary/aromatic N) is 1. The van der Waals surface area contributed by atoms with E-state index >= 15 is 0 Å². The minimum atomic E-state index is 0. The van der Waals surface area contributed by atoms with E-state index in [-0.39, 0.29) is 12.4 Å². The van der Waals surface area contributed by atoms with Crippen molar-refractivity contribution in [3.8, 4) is 0 Å². The number of halogens is 2. The molecule has 0 saturated heterocycles. The average Bonchev–Trinajstić information content (AvgIpc) is 2.81. The molecule has 19 heavy (non-hydrogen) atoms. The number of fused-ring (bicyclic) bond motifs is 1. The highest BCUT2D eigenvalue weighted by Crippen LogP contribution is 2.29. The molecule has 6 heteroatoms. The van der Waals surface area contributed by atoms with Crippen LogP contribution in [0.4, 0.5) is 11.4 Å². The highest BCUT2D eigenvalue weighted by Gasteiger charge is 2.13. The first-order valence-corrected chi connectivity index (χ1v) is 7.93. The van der Waals surface area contributed by atoms with E-state index in [1.807, 2.05) is 24.3 Å². The van der Waals surface area contributed by atoms with Crippen LogP contribution in [0.3, 0.4) is 0 Å². The molecular weight excluding hydrogens is 319 g/mol. The summed E-state index contributed by atoms with van der Waals surface area (Å²) in [6, 6.07) is 11.9. The molecule has 2 nitrogen and oxygen atoms in total. The number of aromatic nitrogens is 1. The van der Waals surface area contributed by atoms with E-state index in [0.717, 1.165) is 21.9 Å². The largest absolute Gasteiger partial charge is 1.00 e. The Kier molecular flexibility index (Phi) is 4.58. The van der Waals surface area contributed by atoms with E-state index in [1.54, 1.807) is 10.3 Å². The van der Waals surface area contributed by atoms with Gasteiger partial charge in [0.25, 0.3) is 15.2 Å². The molecule has 0 bridgehead atoms. The molecule has 3 rings (SSSR count). The lowest BCUT2D eigenvalue weighted by Gasteiger charge is -2.06. The predicted octanol–water partition coefficient (Wildman–Crippen LogP) is 2.35. The van der Waals surface area contributed by atoms with Crippen LogP contribution in [-0.4, -0.2) is 4.37 Å². The molecule has 0 aliphatic heterocycles. The highest BCUT2D eigenvalue weighted by atomic mass is 35.5. The minimum absolute atomic E-state index is 0. The first-order valence-electron chi connectivity index (χ1n) is 5.44. The van der Waals surface area contributed by atoms with Crippen molar-refractivity contribution >= 4 is 54.1 Å². The van der Waals surface area contributed by atoms with Crippen LogP contribution in [0, 0.1) is 6.92 Å². The van der Waals surface area contributed by atoms with Crippen LogP contribution >= 0.6 is 32.5 Å². The maximum absolute atomic E-state index is 5.87. The van der Waals surface area contributed by atoms with Gasteiger partial charge in [0.15, 0.2) is 5.52 Å². The normalized spacial score (nSPS) is 10.2.